The van der Waals surface area contributed by atoms with E-state index in [1.807, 2.05) is 41.4 Å². The maximum absolute atomic E-state index is 11.7. The van der Waals surface area contributed by atoms with Gasteiger partial charge in [-0.05, 0) is 18.2 Å². The molecule has 5 heteroatoms. The van der Waals surface area contributed by atoms with Crippen LogP contribution in [0.15, 0.2) is 47.8 Å². The van der Waals surface area contributed by atoms with E-state index in [4.69, 9.17) is 9.47 Å². The van der Waals surface area contributed by atoms with Crippen LogP contribution in [0.25, 0.3) is 0 Å². The third-order valence-electron chi connectivity index (χ3n) is 3.52. The molecule has 1 fully saturated rings. The smallest absolute Gasteiger partial charge is 0.359 e. The Labute approximate surface area is 103 Å². The van der Waals surface area contributed by atoms with Gasteiger partial charge in [0.2, 0.25) is 5.60 Å². The molecule has 1 aromatic carbocycles. The minimum absolute atomic E-state index is 0.110. The van der Waals surface area contributed by atoms with E-state index >= 15 is 0 Å². The van der Waals surface area contributed by atoms with Crippen LogP contribution < -0.4 is 5.01 Å². The highest BCUT2D eigenvalue weighted by atomic mass is 16.6. The minimum atomic E-state index is -0.743. The Morgan fingerprint density at radius 3 is 3.00 bits per heavy atom. The zero-order valence-electron chi connectivity index (χ0n) is 9.45. The molecular weight excluding hydrogens is 232 g/mol. The van der Waals surface area contributed by atoms with E-state index in [1.165, 1.54) is 0 Å². The quantitative estimate of drug-likeness (QED) is 0.691. The van der Waals surface area contributed by atoms with E-state index < -0.39 is 5.60 Å². The van der Waals surface area contributed by atoms with Crippen molar-refractivity contribution in [2.45, 2.75) is 11.6 Å². The van der Waals surface area contributed by atoms with E-state index in [0.29, 0.717) is 5.71 Å². The van der Waals surface area contributed by atoms with Gasteiger partial charge in [-0.15, -0.1) is 0 Å². The number of anilines is 1. The van der Waals surface area contributed by atoms with Crippen molar-refractivity contribution in [2.24, 2.45) is 5.10 Å². The summed E-state index contributed by atoms with van der Waals surface area (Å²) in [6.45, 7) is 0.228. The van der Waals surface area contributed by atoms with E-state index in [2.05, 4.69) is 5.10 Å². The number of cyclic esters (lactones) is 1. The number of hydrogen-bond acceptors (Lipinski definition) is 5. The summed E-state index contributed by atoms with van der Waals surface area (Å²) in [5, 5.41) is 6.19. The van der Waals surface area contributed by atoms with Crippen molar-refractivity contribution in [2.75, 3.05) is 11.6 Å². The Bertz CT molecular complexity index is 581. The summed E-state index contributed by atoms with van der Waals surface area (Å²) < 4.78 is 10.7. The Hall–Kier alpha value is -2.30. The first-order valence-electron chi connectivity index (χ1n) is 5.76. The minimum Gasteiger partial charge on any atom is -0.482 e. The molecule has 3 heterocycles. The number of carbonyl (C=O) groups excluding carboxylic acids is 1. The summed E-state index contributed by atoms with van der Waals surface area (Å²) >= 11 is 0. The molecule has 5 nitrogen and oxygen atoms in total. The highest BCUT2D eigenvalue weighted by Gasteiger charge is 2.62. The Morgan fingerprint density at radius 2 is 2.17 bits per heavy atom. The number of para-hydroxylation sites is 1. The number of esters is 1. The average Bonchev–Trinajstić information content (AvgIpc) is 3.02. The van der Waals surface area contributed by atoms with E-state index in [0.717, 1.165) is 5.69 Å². The van der Waals surface area contributed by atoms with Crippen molar-refractivity contribution in [3.8, 4) is 0 Å². The first kappa shape index (κ1) is 9.70. The lowest BCUT2D eigenvalue weighted by Gasteiger charge is -2.26. The Kier molecular flexibility index (Phi) is 1.69. The number of hydrogen-bond donors (Lipinski definition) is 0. The van der Waals surface area contributed by atoms with Crippen LogP contribution in [-0.4, -0.2) is 29.9 Å². The van der Waals surface area contributed by atoms with Crippen LogP contribution in [0.3, 0.4) is 0 Å². The van der Waals surface area contributed by atoms with Gasteiger partial charge in [-0.25, -0.2) is 4.79 Å². The highest BCUT2D eigenvalue weighted by molar-refractivity contribution is 6.43. The lowest BCUT2D eigenvalue weighted by atomic mass is 9.93. The van der Waals surface area contributed by atoms with Crippen molar-refractivity contribution in [3.63, 3.8) is 0 Å². The first-order valence-corrected chi connectivity index (χ1v) is 5.76. The summed E-state index contributed by atoms with van der Waals surface area (Å²) in [4.78, 5) is 11.7. The fraction of sp³-hybridized carbons (Fsp3) is 0.231. The molecular formula is C13H10N2O3. The van der Waals surface area contributed by atoms with Crippen LogP contribution in [0, 0.1) is 0 Å². The lowest BCUT2D eigenvalue weighted by molar-refractivity contribution is -0.134. The Morgan fingerprint density at radius 1 is 1.33 bits per heavy atom. The topological polar surface area (TPSA) is 51.1 Å². The van der Waals surface area contributed by atoms with E-state index in [-0.39, 0.29) is 18.6 Å². The number of hydrazone groups is 1. The third kappa shape index (κ3) is 1.01. The van der Waals surface area contributed by atoms with Gasteiger partial charge < -0.3 is 9.47 Å². The van der Waals surface area contributed by atoms with Crippen molar-refractivity contribution >= 4 is 17.4 Å². The largest absolute Gasteiger partial charge is 0.482 e. The van der Waals surface area contributed by atoms with Gasteiger partial charge in [0, 0.05) is 0 Å². The molecule has 0 unspecified atom stereocenters. The number of benzene rings is 1. The zero-order chi connectivity index (χ0) is 12.2. The van der Waals surface area contributed by atoms with Gasteiger partial charge in [0.15, 0.2) is 5.71 Å². The van der Waals surface area contributed by atoms with Gasteiger partial charge in [-0.1, -0.05) is 18.2 Å². The van der Waals surface area contributed by atoms with Crippen molar-refractivity contribution in [3.05, 3.63) is 42.7 Å². The second-order valence-corrected chi connectivity index (χ2v) is 4.49. The molecule has 0 radical (unpaired) electrons. The van der Waals surface area contributed by atoms with Crippen LogP contribution in [0.2, 0.25) is 0 Å². The van der Waals surface area contributed by atoms with Crippen molar-refractivity contribution < 1.29 is 14.3 Å². The predicted molar refractivity (Wildman–Crippen MR) is 64.1 cm³/mol. The molecule has 0 aromatic heterocycles. The maximum atomic E-state index is 11.7. The molecule has 90 valence electrons. The van der Waals surface area contributed by atoms with Crippen molar-refractivity contribution in [1.82, 2.24) is 0 Å². The molecule has 3 aliphatic heterocycles. The van der Waals surface area contributed by atoms with Gasteiger partial charge in [0.1, 0.15) is 12.6 Å². The molecule has 3 aliphatic rings. The summed E-state index contributed by atoms with van der Waals surface area (Å²) in [6.07, 6.45) is 3.53. The SMILES string of the molecule is O=C1OC[C@]23OC=C[C@H]2N(c2ccccc2)N=C13. The third-order valence-corrected chi connectivity index (χ3v) is 3.52. The van der Waals surface area contributed by atoms with Crippen LogP contribution >= 0.6 is 0 Å². The van der Waals surface area contributed by atoms with Crippen LogP contribution in [0.5, 0.6) is 0 Å². The number of carbonyl (C=O) groups is 1. The fourth-order valence-corrected chi connectivity index (χ4v) is 2.63. The molecule has 0 aliphatic carbocycles. The van der Waals surface area contributed by atoms with Crippen molar-refractivity contribution in [1.29, 1.82) is 0 Å². The van der Waals surface area contributed by atoms with Crippen LogP contribution in [0.4, 0.5) is 5.69 Å². The maximum Gasteiger partial charge on any atom is 0.359 e. The lowest BCUT2D eigenvalue weighted by Crippen LogP contribution is -2.48. The van der Waals surface area contributed by atoms with E-state index in [9.17, 15) is 4.79 Å². The molecule has 1 saturated heterocycles. The number of nitrogens with zero attached hydrogens (tertiary/aromatic N) is 2. The number of rotatable bonds is 1. The van der Waals surface area contributed by atoms with E-state index in [1.54, 1.807) is 6.26 Å². The second-order valence-electron chi connectivity index (χ2n) is 4.49. The fourth-order valence-electron chi connectivity index (χ4n) is 2.63. The molecule has 0 bridgehead atoms. The first-order chi connectivity index (χ1) is 8.81. The second kappa shape index (κ2) is 3.13. The van der Waals surface area contributed by atoms with Gasteiger partial charge >= 0.3 is 5.97 Å². The molecule has 1 aromatic rings. The summed E-state index contributed by atoms with van der Waals surface area (Å²) in [5.41, 5.74) is 0.556. The standard InChI is InChI=1S/C13H10N2O3/c16-12-11-13(8-17-12)10(6-7-18-13)15(14-11)9-4-2-1-3-5-9/h1-7,10H,8H2/t10-,13+/m1/s1. The van der Waals surface area contributed by atoms with Crippen LogP contribution in [0.1, 0.15) is 0 Å². The van der Waals surface area contributed by atoms with Gasteiger partial charge in [0.25, 0.3) is 0 Å². The van der Waals surface area contributed by atoms with Gasteiger partial charge in [-0.2, -0.15) is 5.10 Å². The summed E-state index contributed by atoms with van der Waals surface area (Å²) in [7, 11) is 0. The molecule has 0 N–H and O–H groups in total. The highest BCUT2D eigenvalue weighted by Crippen LogP contribution is 2.41. The summed E-state index contributed by atoms with van der Waals surface area (Å²) in [5.74, 6) is -0.387. The molecule has 2 atom stereocenters. The number of ether oxygens (including phenoxy) is 2. The molecule has 18 heavy (non-hydrogen) atoms. The predicted octanol–water partition coefficient (Wildman–Crippen LogP) is 1.07. The van der Waals surface area contributed by atoms with Gasteiger partial charge in [-0.3, -0.25) is 5.01 Å². The summed E-state index contributed by atoms with van der Waals surface area (Å²) in [6, 6.07) is 9.62. The Balaban J connectivity index is 1.83. The normalized spacial score (nSPS) is 31.8. The average molecular weight is 242 g/mol. The van der Waals surface area contributed by atoms with Crippen LogP contribution in [-0.2, 0) is 14.3 Å². The molecule has 4 rings (SSSR count). The monoisotopic (exact) mass is 242 g/mol. The molecule has 1 spiro atoms. The molecule has 0 amide bonds. The van der Waals surface area contributed by atoms with Gasteiger partial charge in [0.05, 0.1) is 11.9 Å². The zero-order valence-corrected chi connectivity index (χ0v) is 9.45. The molecule has 0 saturated carbocycles.